The van der Waals surface area contributed by atoms with E-state index < -0.39 is 21.2 Å². The summed E-state index contributed by atoms with van der Waals surface area (Å²) in [5.74, 6) is 0.327. The van der Waals surface area contributed by atoms with Gasteiger partial charge >= 0.3 is 0 Å². The SMILES string of the molecule is O=C1NC(=O)C(=Cc2ccnc(N3CCC(CNS(=O)(=O)c4ccc5ccccc5c4)CC3)n2)S1. The Bertz CT molecular complexity index is 1430. The molecular weight excluding hydrogens is 486 g/mol. The largest absolute Gasteiger partial charge is 0.341 e. The van der Waals surface area contributed by atoms with E-state index in [0.29, 0.717) is 36.2 Å². The van der Waals surface area contributed by atoms with E-state index in [2.05, 4.69) is 20.0 Å². The van der Waals surface area contributed by atoms with Crippen molar-refractivity contribution >= 4 is 55.7 Å². The topological polar surface area (TPSA) is 121 Å². The number of anilines is 1. The first kappa shape index (κ1) is 23.5. The average Bonchev–Trinajstić information content (AvgIpc) is 3.19. The van der Waals surface area contributed by atoms with Gasteiger partial charge in [0.25, 0.3) is 11.1 Å². The van der Waals surface area contributed by atoms with Gasteiger partial charge in [-0.25, -0.2) is 23.1 Å². The predicted molar refractivity (Wildman–Crippen MR) is 135 cm³/mol. The molecule has 2 aromatic carbocycles. The highest BCUT2D eigenvalue weighted by atomic mass is 32.2. The molecular formula is C24H23N5O4S2. The van der Waals surface area contributed by atoms with Crippen LogP contribution in [0.25, 0.3) is 16.8 Å². The van der Waals surface area contributed by atoms with Crippen molar-refractivity contribution in [3.63, 3.8) is 0 Å². The normalized spacial score (nSPS) is 18.4. The monoisotopic (exact) mass is 509 g/mol. The van der Waals surface area contributed by atoms with Crippen molar-refractivity contribution in [2.75, 3.05) is 24.5 Å². The van der Waals surface area contributed by atoms with Gasteiger partial charge in [0.05, 0.1) is 15.5 Å². The maximum absolute atomic E-state index is 12.8. The second-order valence-electron chi connectivity index (χ2n) is 8.43. The zero-order valence-corrected chi connectivity index (χ0v) is 20.3. The van der Waals surface area contributed by atoms with Gasteiger partial charge in [-0.2, -0.15) is 0 Å². The number of carbonyl (C=O) groups is 2. The molecule has 9 nitrogen and oxygen atoms in total. The van der Waals surface area contributed by atoms with Gasteiger partial charge in [0, 0.05) is 25.8 Å². The van der Waals surface area contributed by atoms with Crippen molar-refractivity contribution in [2.24, 2.45) is 5.92 Å². The van der Waals surface area contributed by atoms with Gasteiger partial charge in [-0.05, 0) is 65.6 Å². The van der Waals surface area contributed by atoms with Crippen LogP contribution in [0.15, 0.2) is 64.5 Å². The molecule has 2 aliphatic heterocycles. The molecule has 2 amide bonds. The molecule has 2 fully saturated rings. The first-order valence-electron chi connectivity index (χ1n) is 11.2. The fraction of sp³-hybridized carbons (Fsp3) is 0.250. The van der Waals surface area contributed by atoms with Crippen LogP contribution in [0, 0.1) is 5.92 Å². The highest BCUT2D eigenvalue weighted by molar-refractivity contribution is 8.18. The third kappa shape index (κ3) is 5.37. The molecule has 2 N–H and O–H groups in total. The molecule has 35 heavy (non-hydrogen) atoms. The van der Waals surface area contributed by atoms with Crippen LogP contribution in [0.3, 0.4) is 0 Å². The molecule has 0 bridgehead atoms. The number of carbonyl (C=O) groups excluding carboxylic acids is 2. The number of benzene rings is 2. The van der Waals surface area contributed by atoms with Crippen molar-refractivity contribution in [3.8, 4) is 0 Å². The quantitative estimate of drug-likeness (QED) is 0.486. The zero-order valence-electron chi connectivity index (χ0n) is 18.7. The van der Waals surface area contributed by atoms with Gasteiger partial charge < -0.3 is 4.90 Å². The lowest BCUT2D eigenvalue weighted by Crippen LogP contribution is -2.39. The number of thioether (sulfide) groups is 1. The van der Waals surface area contributed by atoms with E-state index in [-0.39, 0.29) is 10.8 Å². The number of hydrogen-bond donors (Lipinski definition) is 2. The number of nitrogens with one attached hydrogen (secondary N) is 2. The Morgan fingerprint density at radius 1 is 1.09 bits per heavy atom. The van der Waals surface area contributed by atoms with Crippen molar-refractivity contribution in [2.45, 2.75) is 17.7 Å². The average molecular weight is 510 g/mol. The maximum atomic E-state index is 12.8. The van der Waals surface area contributed by atoms with Gasteiger partial charge in [-0.1, -0.05) is 30.3 Å². The minimum atomic E-state index is -3.60. The van der Waals surface area contributed by atoms with Crippen molar-refractivity contribution in [1.29, 1.82) is 0 Å². The molecule has 3 aromatic rings. The predicted octanol–water partition coefficient (Wildman–Crippen LogP) is 3.15. The minimum Gasteiger partial charge on any atom is -0.341 e. The second kappa shape index (κ2) is 9.76. The van der Waals surface area contributed by atoms with E-state index in [1.165, 1.54) is 0 Å². The number of nitrogens with zero attached hydrogens (tertiary/aromatic N) is 3. The molecule has 0 aliphatic carbocycles. The molecule has 5 rings (SSSR count). The number of sulfonamides is 1. The Kier molecular flexibility index (Phi) is 6.54. The summed E-state index contributed by atoms with van der Waals surface area (Å²) < 4.78 is 28.4. The summed E-state index contributed by atoms with van der Waals surface area (Å²) in [6.07, 6.45) is 4.78. The first-order chi connectivity index (χ1) is 16.9. The van der Waals surface area contributed by atoms with E-state index in [0.717, 1.165) is 35.4 Å². The summed E-state index contributed by atoms with van der Waals surface area (Å²) in [5.41, 5.74) is 0.549. The Balaban J connectivity index is 1.18. The van der Waals surface area contributed by atoms with E-state index in [1.54, 1.807) is 30.5 Å². The number of amides is 2. The molecule has 3 heterocycles. The summed E-state index contributed by atoms with van der Waals surface area (Å²) in [6, 6.07) is 14.5. The van der Waals surface area contributed by atoms with Crippen LogP contribution in [0.2, 0.25) is 0 Å². The van der Waals surface area contributed by atoms with Crippen LogP contribution < -0.4 is 14.9 Å². The van der Waals surface area contributed by atoms with Gasteiger partial charge in [-0.3, -0.25) is 14.9 Å². The molecule has 11 heteroatoms. The molecule has 0 atom stereocenters. The summed E-state index contributed by atoms with van der Waals surface area (Å²) in [5, 5.41) is 3.72. The minimum absolute atomic E-state index is 0.205. The molecule has 0 unspecified atom stereocenters. The van der Waals surface area contributed by atoms with E-state index in [4.69, 9.17) is 0 Å². The highest BCUT2D eigenvalue weighted by Crippen LogP contribution is 2.26. The van der Waals surface area contributed by atoms with Crippen molar-refractivity contribution in [1.82, 2.24) is 20.0 Å². The third-order valence-electron chi connectivity index (χ3n) is 6.08. The second-order valence-corrected chi connectivity index (χ2v) is 11.2. The lowest BCUT2D eigenvalue weighted by atomic mass is 9.97. The molecule has 180 valence electrons. The standard InChI is InChI=1S/C24H23N5O4S2/c30-22-21(34-24(31)28-22)14-19-7-10-25-23(27-19)29-11-8-16(9-12-29)15-26-35(32,33)20-6-5-17-3-1-2-4-18(17)13-20/h1-7,10,13-14,16,26H,8-9,11-12,15H2,(H,28,30,31). The van der Waals surface area contributed by atoms with Crippen LogP contribution in [0.5, 0.6) is 0 Å². The van der Waals surface area contributed by atoms with Crippen molar-refractivity contribution < 1.29 is 18.0 Å². The molecule has 0 spiro atoms. The van der Waals surface area contributed by atoms with Gasteiger partial charge in [0.15, 0.2) is 0 Å². The smallest absolute Gasteiger partial charge is 0.290 e. The number of piperidine rings is 1. The lowest BCUT2D eigenvalue weighted by molar-refractivity contribution is -0.115. The Hall–Kier alpha value is -3.28. The first-order valence-corrected chi connectivity index (χ1v) is 13.5. The van der Waals surface area contributed by atoms with Crippen LogP contribution in [0.1, 0.15) is 18.5 Å². The lowest BCUT2D eigenvalue weighted by Gasteiger charge is -2.32. The number of aromatic nitrogens is 2. The molecule has 2 saturated heterocycles. The van der Waals surface area contributed by atoms with Crippen LogP contribution in [-0.2, 0) is 14.8 Å². The molecule has 2 aliphatic rings. The number of fused-ring (bicyclic) bond motifs is 1. The van der Waals surface area contributed by atoms with E-state index in [1.807, 2.05) is 35.2 Å². The number of imide groups is 1. The fourth-order valence-corrected chi connectivity index (χ4v) is 5.95. The van der Waals surface area contributed by atoms with Gasteiger partial charge in [0.2, 0.25) is 16.0 Å². The molecule has 1 aromatic heterocycles. The summed E-state index contributed by atoms with van der Waals surface area (Å²) in [4.78, 5) is 34.6. The van der Waals surface area contributed by atoms with Crippen LogP contribution >= 0.6 is 11.8 Å². The number of hydrogen-bond acceptors (Lipinski definition) is 8. The zero-order chi connectivity index (χ0) is 24.4. The maximum Gasteiger partial charge on any atom is 0.290 e. The fourth-order valence-electron chi connectivity index (χ4n) is 4.13. The van der Waals surface area contributed by atoms with Gasteiger partial charge in [-0.15, -0.1) is 0 Å². The van der Waals surface area contributed by atoms with Crippen LogP contribution in [0.4, 0.5) is 10.7 Å². The Labute approximate surface area is 207 Å². The van der Waals surface area contributed by atoms with Crippen LogP contribution in [-0.4, -0.2) is 49.2 Å². The summed E-state index contributed by atoms with van der Waals surface area (Å²) >= 11 is 0.848. The highest BCUT2D eigenvalue weighted by Gasteiger charge is 2.26. The van der Waals surface area contributed by atoms with E-state index in [9.17, 15) is 18.0 Å². The molecule has 0 radical (unpaired) electrons. The Morgan fingerprint density at radius 2 is 1.86 bits per heavy atom. The van der Waals surface area contributed by atoms with Crippen molar-refractivity contribution in [3.05, 3.63) is 65.3 Å². The molecule has 0 saturated carbocycles. The third-order valence-corrected chi connectivity index (χ3v) is 8.31. The van der Waals surface area contributed by atoms with Gasteiger partial charge in [0.1, 0.15) is 0 Å². The summed E-state index contributed by atoms with van der Waals surface area (Å²) in [6.45, 7) is 1.75. The summed E-state index contributed by atoms with van der Waals surface area (Å²) in [7, 11) is -3.60. The van der Waals surface area contributed by atoms with E-state index >= 15 is 0 Å². The number of rotatable bonds is 6. The Morgan fingerprint density at radius 3 is 2.60 bits per heavy atom.